The van der Waals surface area contributed by atoms with Gasteiger partial charge in [0.2, 0.25) is 5.91 Å². The Morgan fingerprint density at radius 1 is 1.14 bits per heavy atom. The predicted molar refractivity (Wildman–Crippen MR) is 86.7 cm³/mol. The first-order valence-corrected chi connectivity index (χ1v) is 7.94. The van der Waals surface area contributed by atoms with Crippen LogP contribution in [0, 0.1) is 6.92 Å². The van der Waals surface area contributed by atoms with Crippen LogP contribution in [0.5, 0.6) is 0 Å². The average molecular weight is 314 g/mol. The van der Waals surface area contributed by atoms with Crippen molar-refractivity contribution in [3.05, 3.63) is 65.2 Å². The van der Waals surface area contributed by atoms with Crippen LogP contribution in [0.1, 0.15) is 21.5 Å². The summed E-state index contributed by atoms with van der Waals surface area (Å²) in [4.78, 5) is 22.6. The number of carboxylic acids is 1. The van der Waals surface area contributed by atoms with Crippen LogP contribution >= 0.6 is 11.8 Å². The number of anilines is 1. The van der Waals surface area contributed by atoms with E-state index in [9.17, 15) is 14.7 Å². The normalized spacial score (nSPS) is 10.2. The number of aryl methyl sites for hydroxylation is 1. The van der Waals surface area contributed by atoms with Crippen LogP contribution in [0.4, 0.5) is 5.69 Å². The number of carboxylic acid groups (broad SMARTS) is 1. The molecule has 0 fully saturated rings. The van der Waals surface area contributed by atoms with Gasteiger partial charge >= 0.3 is 0 Å². The van der Waals surface area contributed by atoms with Crippen LogP contribution in [-0.4, -0.2) is 17.6 Å². The summed E-state index contributed by atoms with van der Waals surface area (Å²) in [6, 6.07) is 14.2. The third kappa shape index (κ3) is 4.93. The Balaban J connectivity index is 1.80. The molecule has 1 amide bonds. The Kier molecular flexibility index (Phi) is 5.61. The van der Waals surface area contributed by atoms with E-state index < -0.39 is 5.97 Å². The van der Waals surface area contributed by atoms with Crippen molar-refractivity contribution in [3.63, 3.8) is 0 Å². The van der Waals surface area contributed by atoms with Crippen LogP contribution in [0.15, 0.2) is 48.5 Å². The van der Waals surface area contributed by atoms with Crippen LogP contribution in [-0.2, 0) is 10.5 Å². The number of hydrogen-bond acceptors (Lipinski definition) is 4. The van der Waals surface area contributed by atoms with Gasteiger partial charge in [0.25, 0.3) is 0 Å². The fourth-order valence-corrected chi connectivity index (χ4v) is 2.66. The zero-order chi connectivity index (χ0) is 15.9. The predicted octanol–water partition coefficient (Wildman–Crippen LogP) is 2.23. The van der Waals surface area contributed by atoms with E-state index in [2.05, 4.69) is 5.32 Å². The lowest BCUT2D eigenvalue weighted by Crippen LogP contribution is -2.22. The van der Waals surface area contributed by atoms with E-state index in [4.69, 9.17) is 0 Å². The number of hydrogen-bond donors (Lipinski definition) is 1. The molecule has 0 aromatic heterocycles. The number of rotatable bonds is 6. The van der Waals surface area contributed by atoms with E-state index in [1.807, 2.05) is 37.3 Å². The lowest BCUT2D eigenvalue weighted by molar-refractivity contribution is -0.255. The molecule has 4 nitrogen and oxygen atoms in total. The number of benzene rings is 2. The van der Waals surface area contributed by atoms with Crippen molar-refractivity contribution in [2.24, 2.45) is 0 Å². The van der Waals surface area contributed by atoms with E-state index >= 15 is 0 Å². The smallest absolute Gasteiger partial charge is 0.234 e. The standard InChI is InChI=1S/C17H17NO3S/c1-12-5-7-15(8-6-12)18-16(19)11-22-10-13-3-2-4-14(9-13)17(20)21/h2-9H,10-11H2,1H3,(H,18,19)(H,20,21)/p-1. The number of carbonyl (C=O) groups is 2. The fraction of sp³-hybridized carbons (Fsp3) is 0.176. The van der Waals surface area contributed by atoms with Gasteiger partial charge in [0, 0.05) is 11.4 Å². The van der Waals surface area contributed by atoms with Gasteiger partial charge < -0.3 is 15.2 Å². The Hall–Kier alpha value is -2.27. The topological polar surface area (TPSA) is 69.2 Å². The number of nitrogens with one attached hydrogen (secondary N) is 1. The summed E-state index contributed by atoms with van der Waals surface area (Å²) >= 11 is 1.43. The Morgan fingerprint density at radius 3 is 2.55 bits per heavy atom. The number of thioether (sulfide) groups is 1. The summed E-state index contributed by atoms with van der Waals surface area (Å²) in [6.07, 6.45) is 0. The molecular weight excluding hydrogens is 298 g/mol. The van der Waals surface area contributed by atoms with Crippen molar-refractivity contribution < 1.29 is 14.7 Å². The number of aromatic carboxylic acids is 1. The molecule has 5 heteroatoms. The highest BCUT2D eigenvalue weighted by atomic mass is 32.2. The maximum absolute atomic E-state index is 11.8. The highest BCUT2D eigenvalue weighted by Gasteiger charge is 2.03. The molecule has 1 N–H and O–H groups in total. The van der Waals surface area contributed by atoms with E-state index in [-0.39, 0.29) is 11.5 Å². The van der Waals surface area contributed by atoms with E-state index in [0.717, 1.165) is 16.8 Å². The van der Waals surface area contributed by atoms with Crippen molar-refractivity contribution in [3.8, 4) is 0 Å². The van der Waals surface area contributed by atoms with Gasteiger partial charge in [0.15, 0.2) is 0 Å². The van der Waals surface area contributed by atoms with Gasteiger partial charge in [-0.05, 0) is 36.2 Å². The van der Waals surface area contributed by atoms with Crippen molar-refractivity contribution >= 4 is 29.3 Å². The SMILES string of the molecule is Cc1ccc(NC(=O)CSCc2cccc(C(=O)[O-])c2)cc1. The summed E-state index contributed by atoms with van der Waals surface area (Å²) in [5.41, 5.74) is 2.92. The second-order valence-electron chi connectivity index (χ2n) is 4.89. The summed E-state index contributed by atoms with van der Waals surface area (Å²) in [7, 11) is 0. The molecule has 2 aromatic carbocycles. The second-order valence-corrected chi connectivity index (χ2v) is 5.88. The first-order valence-electron chi connectivity index (χ1n) is 6.79. The third-order valence-electron chi connectivity index (χ3n) is 3.00. The summed E-state index contributed by atoms with van der Waals surface area (Å²) in [6.45, 7) is 1.99. The monoisotopic (exact) mass is 314 g/mol. The summed E-state index contributed by atoms with van der Waals surface area (Å²) in [5, 5.41) is 13.6. The van der Waals surface area contributed by atoms with E-state index in [0.29, 0.717) is 11.5 Å². The molecule has 114 valence electrons. The maximum Gasteiger partial charge on any atom is 0.234 e. The number of amides is 1. The highest BCUT2D eigenvalue weighted by Crippen LogP contribution is 2.15. The van der Waals surface area contributed by atoms with Gasteiger partial charge in [-0.2, -0.15) is 0 Å². The first kappa shape index (κ1) is 16.1. The van der Waals surface area contributed by atoms with E-state index in [1.165, 1.54) is 17.8 Å². The average Bonchev–Trinajstić information content (AvgIpc) is 2.50. The van der Waals surface area contributed by atoms with Gasteiger partial charge in [0.1, 0.15) is 0 Å². The van der Waals surface area contributed by atoms with Gasteiger partial charge in [-0.3, -0.25) is 4.79 Å². The minimum atomic E-state index is -1.19. The molecule has 0 radical (unpaired) electrons. The summed E-state index contributed by atoms with van der Waals surface area (Å²) in [5.74, 6) is -0.389. The van der Waals surface area contributed by atoms with E-state index in [1.54, 1.807) is 12.1 Å². The first-order chi connectivity index (χ1) is 10.5. The molecule has 0 saturated carbocycles. The lowest BCUT2D eigenvalue weighted by Gasteiger charge is -2.07. The Bertz CT molecular complexity index is 668. The van der Waals surface area contributed by atoms with Crippen molar-refractivity contribution in [2.45, 2.75) is 12.7 Å². The molecule has 22 heavy (non-hydrogen) atoms. The van der Waals surface area contributed by atoms with Gasteiger partial charge in [-0.15, -0.1) is 11.8 Å². The quantitative estimate of drug-likeness (QED) is 0.888. The molecule has 0 aliphatic carbocycles. The van der Waals surface area contributed by atoms with Crippen LogP contribution < -0.4 is 10.4 Å². The molecule has 0 aliphatic heterocycles. The summed E-state index contributed by atoms with van der Waals surface area (Å²) < 4.78 is 0. The van der Waals surface area contributed by atoms with Crippen molar-refractivity contribution in [1.29, 1.82) is 0 Å². The molecule has 0 spiro atoms. The van der Waals surface area contributed by atoms with Crippen LogP contribution in [0.3, 0.4) is 0 Å². The van der Waals surface area contributed by atoms with Gasteiger partial charge in [-0.1, -0.05) is 35.9 Å². The molecule has 0 aliphatic rings. The fourth-order valence-electron chi connectivity index (χ4n) is 1.88. The third-order valence-corrected chi connectivity index (χ3v) is 4.00. The number of carbonyl (C=O) groups excluding carboxylic acids is 2. The largest absolute Gasteiger partial charge is 0.545 e. The molecule has 0 saturated heterocycles. The van der Waals surface area contributed by atoms with Gasteiger partial charge in [-0.25, -0.2) is 0 Å². The second kappa shape index (κ2) is 7.66. The zero-order valence-electron chi connectivity index (χ0n) is 12.2. The molecule has 2 aromatic rings. The molecular formula is C17H16NO3S-. The molecule has 0 unspecified atom stereocenters. The van der Waals surface area contributed by atoms with Crippen molar-refractivity contribution in [1.82, 2.24) is 0 Å². The minimum absolute atomic E-state index is 0.0788. The van der Waals surface area contributed by atoms with Gasteiger partial charge in [0.05, 0.1) is 11.7 Å². The lowest BCUT2D eigenvalue weighted by atomic mass is 10.1. The highest BCUT2D eigenvalue weighted by molar-refractivity contribution is 7.99. The molecule has 0 atom stereocenters. The van der Waals surface area contributed by atoms with Crippen LogP contribution in [0.25, 0.3) is 0 Å². The Morgan fingerprint density at radius 2 is 1.86 bits per heavy atom. The molecule has 0 heterocycles. The van der Waals surface area contributed by atoms with Crippen molar-refractivity contribution in [2.75, 3.05) is 11.1 Å². The molecule has 0 bridgehead atoms. The Labute approximate surface area is 133 Å². The maximum atomic E-state index is 11.8. The zero-order valence-corrected chi connectivity index (χ0v) is 13.0. The van der Waals surface area contributed by atoms with Crippen LogP contribution in [0.2, 0.25) is 0 Å². The molecule has 2 rings (SSSR count). The minimum Gasteiger partial charge on any atom is -0.545 e.